The Hall–Kier alpha value is -1.50. The maximum atomic E-state index is 12.5. The van der Waals surface area contributed by atoms with Crippen LogP contribution < -0.4 is 5.73 Å². The molecule has 1 aromatic carbocycles. The molecule has 17 heavy (non-hydrogen) atoms. The van der Waals surface area contributed by atoms with Gasteiger partial charge < -0.3 is 5.73 Å². The third-order valence-corrected chi connectivity index (χ3v) is 2.68. The summed E-state index contributed by atoms with van der Waals surface area (Å²) in [6, 6.07) is 6.38. The Morgan fingerprint density at radius 3 is 2.24 bits per heavy atom. The van der Waals surface area contributed by atoms with E-state index < -0.39 is 11.9 Å². The summed E-state index contributed by atoms with van der Waals surface area (Å²) in [6.07, 6.45) is -3.22. The first-order valence-corrected chi connectivity index (χ1v) is 5.35. The van der Waals surface area contributed by atoms with Gasteiger partial charge in [0.05, 0.1) is 10.2 Å². The van der Waals surface area contributed by atoms with Gasteiger partial charge in [-0.05, 0) is 40.2 Å². The largest absolute Gasteiger partial charge is 0.436 e. The van der Waals surface area contributed by atoms with Gasteiger partial charge in [0.1, 0.15) is 0 Å². The van der Waals surface area contributed by atoms with Crippen LogP contribution in [0.3, 0.4) is 0 Å². The van der Waals surface area contributed by atoms with Crippen LogP contribution in [-0.4, -0.2) is 9.78 Å². The van der Waals surface area contributed by atoms with Crippen molar-refractivity contribution in [1.29, 1.82) is 0 Å². The highest BCUT2D eigenvalue weighted by Crippen LogP contribution is 2.34. The topological polar surface area (TPSA) is 43.8 Å². The molecule has 0 atom stereocenters. The van der Waals surface area contributed by atoms with Crippen molar-refractivity contribution in [3.05, 3.63) is 40.6 Å². The van der Waals surface area contributed by atoms with Gasteiger partial charge in [-0.2, -0.15) is 18.3 Å². The predicted molar refractivity (Wildman–Crippen MR) is 60.7 cm³/mol. The predicted octanol–water partition coefficient (Wildman–Crippen LogP) is 3.24. The Morgan fingerprint density at radius 2 is 1.76 bits per heavy atom. The summed E-state index contributed by atoms with van der Waals surface area (Å²) in [4.78, 5) is 0. The van der Waals surface area contributed by atoms with Gasteiger partial charge in [0, 0.05) is 11.9 Å². The molecule has 1 heterocycles. The zero-order valence-electron chi connectivity index (χ0n) is 8.37. The summed E-state index contributed by atoms with van der Waals surface area (Å²) in [5, 5.41) is 3.48. The van der Waals surface area contributed by atoms with Crippen molar-refractivity contribution in [2.75, 3.05) is 5.73 Å². The zero-order chi connectivity index (χ0) is 12.6. The van der Waals surface area contributed by atoms with Crippen LogP contribution in [0, 0.1) is 0 Å². The molecule has 0 amide bonds. The SMILES string of the molecule is Nc1ccc(-n2cc(Br)c(C(F)(F)F)n2)cc1. The summed E-state index contributed by atoms with van der Waals surface area (Å²) in [5.74, 6) is 0. The van der Waals surface area contributed by atoms with E-state index in [2.05, 4.69) is 21.0 Å². The van der Waals surface area contributed by atoms with Crippen molar-refractivity contribution in [2.24, 2.45) is 0 Å². The third kappa shape index (κ3) is 2.44. The highest BCUT2D eigenvalue weighted by Gasteiger charge is 2.36. The van der Waals surface area contributed by atoms with E-state index in [1.165, 1.54) is 6.20 Å². The van der Waals surface area contributed by atoms with E-state index in [1.807, 2.05) is 0 Å². The maximum absolute atomic E-state index is 12.5. The van der Waals surface area contributed by atoms with Gasteiger partial charge in [-0.25, -0.2) is 4.68 Å². The average molecular weight is 306 g/mol. The number of benzene rings is 1. The standard InChI is InChI=1S/C10H7BrF3N3/c11-8-5-17(16-9(8)10(12,13)14)7-3-1-6(15)2-4-7/h1-5H,15H2. The molecular weight excluding hydrogens is 299 g/mol. The molecule has 0 aliphatic carbocycles. The van der Waals surface area contributed by atoms with Crippen molar-refractivity contribution in [3.8, 4) is 5.69 Å². The Morgan fingerprint density at radius 1 is 1.18 bits per heavy atom. The lowest BCUT2D eigenvalue weighted by molar-refractivity contribution is -0.141. The van der Waals surface area contributed by atoms with Gasteiger partial charge >= 0.3 is 6.18 Å². The molecule has 2 aromatic rings. The van der Waals surface area contributed by atoms with E-state index in [1.54, 1.807) is 24.3 Å². The van der Waals surface area contributed by atoms with E-state index in [0.29, 0.717) is 11.4 Å². The van der Waals surface area contributed by atoms with Gasteiger partial charge in [0.15, 0.2) is 5.69 Å². The first-order valence-electron chi connectivity index (χ1n) is 4.56. The van der Waals surface area contributed by atoms with Crippen LogP contribution in [0.5, 0.6) is 0 Å². The van der Waals surface area contributed by atoms with Crippen LogP contribution in [-0.2, 0) is 6.18 Å². The molecule has 0 bridgehead atoms. The fraction of sp³-hybridized carbons (Fsp3) is 0.100. The smallest absolute Gasteiger partial charge is 0.399 e. The molecule has 0 fully saturated rings. The van der Waals surface area contributed by atoms with Crippen molar-refractivity contribution >= 4 is 21.6 Å². The van der Waals surface area contributed by atoms with Crippen molar-refractivity contribution in [3.63, 3.8) is 0 Å². The number of nitrogen functional groups attached to an aromatic ring is 1. The Labute approximate surface area is 103 Å². The molecule has 0 aliphatic heterocycles. The van der Waals surface area contributed by atoms with Crippen LogP contribution in [0.25, 0.3) is 5.69 Å². The minimum atomic E-state index is -4.47. The summed E-state index contributed by atoms with van der Waals surface area (Å²) >= 11 is 2.84. The van der Waals surface area contributed by atoms with Gasteiger partial charge in [0.2, 0.25) is 0 Å². The second kappa shape index (κ2) is 4.06. The third-order valence-electron chi connectivity index (χ3n) is 2.10. The molecule has 0 aliphatic rings. The van der Waals surface area contributed by atoms with E-state index in [0.717, 1.165) is 4.68 Å². The number of anilines is 1. The number of halogens is 4. The Kier molecular flexibility index (Phi) is 2.86. The molecule has 2 N–H and O–H groups in total. The average Bonchev–Trinajstić information content (AvgIpc) is 2.61. The fourth-order valence-corrected chi connectivity index (χ4v) is 1.80. The summed E-state index contributed by atoms with van der Waals surface area (Å²) in [5.41, 5.74) is 5.59. The molecule has 0 saturated carbocycles. The lowest BCUT2D eigenvalue weighted by Crippen LogP contribution is -2.07. The second-order valence-corrected chi connectivity index (χ2v) is 4.21. The summed E-state index contributed by atoms with van der Waals surface area (Å²) < 4.78 is 38.6. The fourth-order valence-electron chi connectivity index (χ4n) is 1.30. The molecular formula is C10H7BrF3N3. The normalized spacial score (nSPS) is 11.8. The highest BCUT2D eigenvalue weighted by atomic mass is 79.9. The van der Waals surface area contributed by atoms with E-state index in [-0.39, 0.29) is 4.47 Å². The molecule has 3 nitrogen and oxygen atoms in total. The maximum Gasteiger partial charge on any atom is 0.436 e. The molecule has 1 aromatic heterocycles. The number of nitrogens with two attached hydrogens (primary N) is 1. The lowest BCUT2D eigenvalue weighted by atomic mass is 10.3. The summed E-state index contributed by atoms with van der Waals surface area (Å²) in [6.45, 7) is 0. The molecule has 2 rings (SSSR count). The van der Waals surface area contributed by atoms with Gasteiger partial charge in [-0.15, -0.1) is 0 Å². The molecule has 0 spiro atoms. The van der Waals surface area contributed by atoms with Crippen LogP contribution >= 0.6 is 15.9 Å². The first kappa shape index (κ1) is 12.0. The number of alkyl halides is 3. The van der Waals surface area contributed by atoms with Crippen LogP contribution in [0.15, 0.2) is 34.9 Å². The van der Waals surface area contributed by atoms with Gasteiger partial charge in [-0.3, -0.25) is 0 Å². The van der Waals surface area contributed by atoms with Crippen LogP contribution in [0.4, 0.5) is 18.9 Å². The molecule has 0 saturated heterocycles. The van der Waals surface area contributed by atoms with Crippen LogP contribution in [0.2, 0.25) is 0 Å². The molecule has 0 unspecified atom stereocenters. The molecule has 90 valence electrons. The van der Waals surface area contributed by atoms with Crippen molar-refractivity contribution in [1.82, 2.24) is 9.78 Å². The molecule has 7 heteroatoms. The number of hydrogen-bond acceptors (Lipinski definition) is 2. The first-order chi connectivity index (χ1) is 7.88. The molecule has 0 radical (unpaired) electrons. The zero-order valence-corrected chi connectivity index (χ0v) is 9.96. The summed E-state index contributed by atoms with van der Waals surface area (Å²) in [7, 11) is 0. The van der Waals surface area contributed by atoms with E-state index in [4.69, 9.17) is 5.73 Å². The van der Waals surface area contributed by atoms with E-state index >= 15 is 0 Å². The Bertz CT molecular complexity index is 531. The minimum Gasteiger partial charge on any atom is -0.399 e. The van der Waals surface area contributed by atoms with Crippen molar-refractivity contribution in [2.45, 2.75) is 6.18 Å². The quantitative estimate of drug-likeness (QED) is 0.822. The number of nitrogens with zero attached hydrogens (tertiary/aromatic N) is 2. The number of aromatic nitrogens is 2. The number of rotatable bonds is 1. The van der Waals surface area contributed by atoms with E-state index in [9.17, 15) is 13.2 Å². The number of hydrogen-bond donors (Lipinski definition) is 1. The van der Waals surface area contributed by atoms with Gasteiger partial charge in [0.25, 0.3) is 0 Å². The van der Waals surface area contributed by atoms with Gasteiger partial charge in [-0.1, -0.05) is 0 Å². The minimum absolute atomic E-state index is 0.0955. The highest BCUT2D eigenvalue weighted by molar-refractivity contribution is 9.10. The van der Waals surface area contributed by atoms with Crippen LogP contribution in [0.1, 0.15) is 5.69 Å². The Balaban J connectivity index is 2.45. The second-order valence-electron chi connectivity index (χ2n) is 3.36. The van der Waals surface area contributed by atoms with Crippen molar-refractivity contribution < 1.29 is 13.2 Å². The monoisotopic (exact) mass is 305 g/mol. The lowest BCUT2D eigenvalue weighted by Gasteiger charge is -2.03.